The van der Waals surface area contributed by atoms with Crippen LogP contribution in [-0.4, -0.2) is 47.8 Å². The third-order valence-corrected chi connectivity index (χ3v) is 3.54. The second kappa shape index (κ2) is 8.49. The van der Waals surface area contributed by atoms with Gasteiger partial charge in [-0.15, -0.1) is 0 Å². The van der Waals surface area contributed by atoms with Gasteiger partial charge in [0, 0.05) is 24.8 Å². The van der Waals surface area contributed by atoms with Gasteiger partial charge in [0.05, 0.1) is 12.3 Å². The van der Waals surface area contributed by atoms with Gasteiger partial charge in [-0.2, -0.15) is 5.10 Å². The van der Waals surface area contributed by atoms with Gasteiger partial charge in [0.25, 0.3) is 5.91 Å². The lowest BCUT2D eigenvalue weighted by Crippen LogP contribution is -2.17. The zero-order chi connectivity index (χ0) is 17.5. The second-order valence-electron chi connectivity index (χ2n) is 5.97. The highest BCUT2D eigenvalue weighted by Gasteiger charge is 2.13. The van der Waals surface area contributed by atoms with Crippen molar-refractivity contribution >= 4 is 11.6 Å². The topological polar surface area (TPSA) is 59.4 Å². The van der Waals surface area contributed by atoms with Crippen LogP contribution in [0.4, 0.5) is 5.69 Å². The largest absolute Gasteiger partial charge is 0.493 e. The van der Waals surface area contributed by atoms with Crippen LogP contribution in [0.1, 0.15) is 29.5 Å². The fourth-order valence-corrected chi connectivity index (χ4v) is 2.40. The number of nitrogens with zero attached hydrogens (tertiary/aromatic N) is 3. The number of carbonyl (C=O) groups is 1. The number of nitrogens with one attached hydrogen (secondary N) is 1. The summed E-state index contributed by atoms with van der Waals surface area (Å²) in [5, 5.41) is 7.21. The Morgan fingerprint density at radius 2 is 2.12 bits per heavy atom. The van der Waals surface area contributed by atoms with Crippen molar-refractivity contribution in [3.8, 4) is 5.75 Å². The lowest BCUT2D eigenvalue weighted by Gasteiger charge is -2.11. The van der Waals surface area contributed by atoms with Gasteiger partial charge in [-0.1, -0.05) is 6.07 Å². The molecule has 2 aromatic rings. The summed E-state index contributed by atoms with van der Waals surface area (Å²) in [6.45, 7) is 6.14. The number of benzene rings is 1. The first-order chi connectivity index (χ1) is 11.5. The molecule has 0 spiro atoms. The number of anilines is 1. The lowest BCUT2D eigenvalue weighted by atomic mass is 10.2. The molecular weight excluding hydrogens is 304 g/mol. The van der Waals surface area contributed by atoms with E-state index in [1.54, 1.807) is 10.7 Å². The summed E-state index contributed by atoms with van der Waals surface area (Å²) in [6, 6.07) is 9.25. The fourth-order valence-electron chi connectivity index (χ4n) is 2.40. The molecule has 24 heavy (non-hydrogen) atoms. The van der Waals surface area contributed by atoms with Crippen LogP contribution in [0.2, 0.25) is 0 Å². The standard InChI is InChI=1S/C18H26N4O2/c1-5-22-17(12-14(2)20-22)18(23)19-15-8-6-9-16(13-15)24-11-7-10-21(3)4/h6,8-9,12-13H,5,7,10-11H2,1-4H3,(H,19,23). The SMILES string of the molecule is CCn1nc(C)cc1C(=O)Nc1cccc(OCCCN(C)C)c1. The number of hydrogen-bond donors (Lipinski definition) is 1. The van der Waals surface area contributed by atoms with Crippen molar-refractivity contribution in [3.63, 3.8) is 0 Å². The summed E-state index contributed by atoms with van der Waals surface area (Å²) >= 11 is 0. The van der Waals surface area contributed by atoms with Crippen molar-refractivity contribution in [2.45, 2.75) is 26.8 Å². The molecule has 0 atom stereocenters. The quantitative estimate of drug-likeness (QED) is 0.756. The molecule has 0 unspecified atom stereocenters. The first-order valence-corrected chi connectivity index (χ1v) is 8.23. The molecule has 6 nitrogen and oxygen atoms in total. The summed E-state index contributed by atoms with van der Waals surface area (Å²) in [5.41, 5.74) is 2.11. The predicted octanol–water partition coefficient (Wildman–Crippen LogP) is 2.79. The molecule has 0 fully saturated rings. The number of hydrogen-bond acceptors (Lipinski definition) is 4. The second-order valence-corrected chi connectivity index (χ2v) is 5.97. The van der Waals surface area contributed by atoms with Crippen LogP contribution in [0.3, 0.4) is 0 Å². The van der Waals surface area contributed by atoms with Gasteiger partial charge in [0.2, 0.25) is 0 Å². The van der Waals surface area contributed by atoms with Crippen molar-refractivity contribution in [2.24, 2.45) is 0 Å². The van der Waals surface area contributed by atoms with Gasteiger partial charge in [-0.25, -0.2) is 0 Å². The Bertz CT molecular complexity index is 679. The fraction of sp³-hybridized carbons (Fsp3) is 0.444. The van der Waals surface area contributed by atoms with Gasteiger partial charge < -0.3 is 15.0 Å². The number of ether oxygens (including phenoxy) is 1. The molecule has 0 bridgehead atoms. The molecule has 2 rings (SSSR count). The van der Waals surface area contributed by atoms with Crippen LogP contribution >= 0.6 is 0 Å². The molecule has 0 aliphatic carbocycles. The molecule has 0 aliphatic heterocycles. The summed E-state index contributed by atoms with van der Waals surface area (Å²) in [5.74, 6) is 0.592. The van der Waals surface area contributed by atoms with E-state index in [0.29, 0.717) is 24.5 Å². The average molecular weight is 330 g/mol. The maximum atomic E-state index is 12.4. The van der Waals surface area contributed by atoms with Crippen molar-refractivity contribution in [1.82, 2.24) is 14.7 Å². The predicted molar refractivity (Wildman–Crippen MR) is 95.7 cm³/mol. The highest BCUT2D eigenvalue weighted by atomic mass is 16.5. The van der Waals surface area contributed by atoms with Gasteiger partial charge in [0.15, 0.2) is 0 Å². The van der Waals surface area contributed by atoms with E-state index < -0.39 is 0 Å². The molecule has 0 aliphatic rings. The molecule has 1 aromatic heterocycles. The highest BCUT2D eigenvalue weighted by Crippen LogP contribution is 2.18. The van der Waals surface area contributed by atoms with Crippen LogP contribution < -0.4 is 10.1 Å². The third-order valence-electron chi connectivity index (χ3n) is 3.54. The van der Waals surface area contributed by atoms with Gasteiger partial charge >= 0.3 is 0 Å². The molecular formula is C18H26N4O2. The van der Waals surface area contributed by atoms with Crippen molar-refractivity contribution in [3.05, 3.63) is 41.7 Å². The molecule has 6 heteroatoms. The Labute approximate surface area is 143 Å². The molecule has 1 amide bonds. The van der Waals surface area contributed by atoms with Crippen LogP contribution in [0.25, 0.3) is 0 Å². The van der Waals surface area contributed by atoms with Crippen molar-refractivity contribution in [2.75, 3.05) is 32.6 Å². The van der Waals surface area contributed by atoms with Gasteiger partial charge in [-0.3, -0.25) is 9.48 Å². The van der Waals surface area contributed by atoms with E-state index in [2.05, 4.69) is 15.3 Å². The minimum absolute atomic E-state index is 0.165. The normalized spacial score (nSPS) is 10.9. The van der Waals surface area contributed by atoms with E-state index in [1.165, 1.54) is 0 Å². The summed E-state index contributed by atoms with van der Waals surface area (Å²) in [4.78, 5) is 14.6. The van der Waals surface area contributed by atoms with Crippen LogP contribution in [0.15, 0.2) is 30.3 Å². The Hall–Kier alpha value is -2.34. The highest BCUT2D eigenvalue weighted by molar-refractivity contribution is 6.03. The Morgan fingerprint density at radius 1 is 1.33 bits per heavy atom. The van der Waals surface area contributed by atoms with E-state index in [4.69, 9.17) is 4.74 Å². The molecule has 0 saturated carbocycles. The molecule has 1 aromatic carbocycles. The monoisotopic (exact) mass is 330 g/mol. The van der Waals surface area contributed by atoms with E-state index in [1.807, 2.05) is 52.2 Å². The maximum absolute atomic E-state index is 12.4. The molecule has 0 saturated heterocycles. The molecule has 130 valence electrons. The summed E-state index contributed by atoms with van der Waals surface area (Å²) < 4.78 is 7.44. The van der Waals surface area contributed by atoms with E-state index in [0.717, 1.165) is 24.4 Å². The molecule has 1 heterocycles. The average Bonchev–Trinajstić information content (AvgIpc) is 2.93. The minimum Gasteiger partial charge on any atom is -0.493 e. The van der Waals surface area contributed by atoms with Gasteiger partial charge in [-0.05, 0) is 52.6 Å². The smallest absolute Gasteiger partial charge is 0.273 e. The minimum atomic E-state index is -0.165. The lowest BCUT2D eigenvalue weighted by molar-refractivity contribution is 0.101. The van der Waals surface area contributed by atoms with Gasteiger partial charge in [0.1, 0.15) is 11.4 Å². The number of carbonyl (C=O) groups excluding carboxylic acids is 1. The number of rotatable bonds is 8. The van der Waals surface area contributed by atoms with Crippen LogP contribution in [-0.2, 0) is 6.54 Å². The first-order valence-electron chi connectivity index (χ1n) is 8.23. The maximum Gasteiger partial charge on any atom is 0.273 e. The third kappa shape index (κ3) is 5.09. The number of aromatic nitrogens is 2. The molecule has 0 radical (unpaired) electrons. The first kappa shape index (κ1) is 18.0. The Morgan fingerprint density at radius 3 is 2.83 bits per heavy atom. The van der Waals surface area contributed by atoms with E-state index in [-0.39, 0.29) is 5.91 Å². The molecule has 1 N–H and O–H groups in total. The van der Waals surface area contributed by atoms with E-state index >= 15 is 0 Å². The number of amides is 1. The van der Waals surface area contributed by atoms with Crippen LogP contribution in [0.5, 0.6) is 5.75 Å². The zero-order valence-electron chi connectivity index (χ0n) is 14.9. The summed E-state index contributed by atoms with van der Waals surface area (Å²) in [6.07, 6.45) is 0.957. The van der Waals surface area contributed by atoms with Crippen molar-refractivity contribution < 1.29 is 9.53 Å². The van der Waals surface area contributed by atoms with Crippen LogP contribution in [0, 0.1) is 6.92 Å². The van der Waals surface area contributed by atoms with Crippen molar-refractivity contribution in [1.29, 1.82) is 0 Å². The Kier molecular flexibility index (Phi) is 6.37. The number of aryl methyl sites for hydroxylation is 2. The Balaban J connectivity index is 1.97. The van der Waals surface area contributed by atoms with E-state index in [9.17, 15) is 4.79 Å². The summed E-state index contributed by atoms with van der Waals surface area (Å²) in [7, 11) is 4.08. The zero-order valence-corrected chi connectivity index (χ0v) is 14.9.